The second kappa shape index (κ2) is 5.70. The molecule has 7 heteroatoms. The van der Waals surface area contributed by atoms with Gasteiger partial charge in [-0.1, -0.05) is 0 Å². The normalized spacial score (nSPS) is 19.2. The molecule has 0 radical (unpaired) electrons. The minimum atomic E-state index is -4.45. The number of carbonyl (C=O) groups excluding carboxylic acids is 1. The third kappa shape index (κ3) is 3.02. The van der Waals surface area contributed by atoms with Crippen LogP contribution in [0.3, 0.4) is 0 Å². The van der Waals surface area contributed by atoms with Gasteiger partial charge in [0.2, 0.25) is 5.91 Å². The van der Waals surface area contributed by atoms with Gasteiger partial charge in [0, 0.05) is 31.1 Å². The Hall–Kier alpha value is -1.76. The fraction of sp³-hybridized carbons (Fsp3) is 0.562. The molecule has 1 aromatic carbocycles. The van der Waals surface area contributed by atoms with Crippen molar-refractivity contribution in [3.63, 3.8) is 0 Å². The number of amides is 1. The monoisotopic (exact) mass is 328 g/mol. The predicted molar refractivity (Wildman–Crippen MR) is 79.2 cm³/mol. The van der Waals surface area contributed by atoms with Crippen LogP contribution in [0.5, 0.6) is 5.75 Å². The summed E-state index contributed by atoms with van der Waals surface area (Å²) in [5, 5.41) is 0. The van der Waals surface area contributed by atoms with E-state index in [0.717, 1.165) is 12.1 Å². The van der Waals surface area contributed by atoms with Gasteiger partial charge in [0.1, 0.15) is 12.5 Å². The summed E-state index contributed by atoms with van der Waals surface area (Å²) in [6.07, 6.45) is -3.43. The summed E-state index contributed by atoms with van der Waals surface area (Å²) >= 11 is 0. The van der Waals surface area contributed by atoms with Crippen molar-refractivity contribution in [3.8, 4) is 5.75 Å². The maximum Gasteiger partial charge on any atom is 0.416 e. The number of hydrogen-bond acceptors (Lipinski definition) is 3. The molecule has 3 rings (SSSR count). The Balaban J connectivity index is 2.08. The number of nitrogens with zero attached hydrogens (tertiary/aromatic N) is 2. The standard InChI is InChI=1S/C16H19F3N2O2/c1-10(2)20-8-11-6-12(16(17,18)19)7-13(15(11)23-9-20)21-5-3-4-14(21)22/h6-7,10H,3-5,8-9H2,1-2H3. The van der Waals surface area contributed by atoms with Gasteiger partial charge in [0.05, 0.1) is 11.3 Å². The zero-order valence-corrected chi connectivity index (χ0v) is 13.1. The van der Waals surface area contributed by atoms with E-state index in [1.165, 1.54) is 4.90 Å². The Morgan fingerprint density at radius 1 is 1.26 bits per heavy atom. The maximum atomic E-state index is 13.2. The minimum absolute atomic E-state index is 0.151. The van der Waals surface area contributed by atoms with Crippen LogP contribution in [0.1, 0.15) is 37.8 Å². The lowest BCUT2D eigenvalue weighted by molar-refractivity contribution is -0.137. The molecule has 0 bridgehead atoms. The van der Waals surface area contributed by atoms with E-state index in [2.05, 4.69) is 0 Å². The van der Waals surface area contributed by atoms with E-state index in [1.807, 2.05) is 18.7 Å². The van der Waals surface area contributed by atoms with Crippen molar-refractivity contribution >= 4 is 11.6 Å². The zero-order valence-electron chi connectivity index (χ0n) is 13.1. The summed E-state index contributed by atoms with van der Waals surface area (Å²) < 4.78 is 45.4. The maximum absolute atomic E-state index is 13.2. The molecule has 1 amide bonds. The van der Waals surface area contributed by atoms with Gasteiger partial charge in [-0.15, -0.1) is 0 Å². The Kier molecular flexibility index (Phi) is 4.00. The molecule has 2 heterocycles. The summed E-state index contributed by atoms with van der Waals surface area (Å²) in [5.41, 5.74) is -0.00429. The molecule has 23 heavy (non-hydrogen) atoms. The van der Waals surface area contributed by atoms with Crippen LogP contribution in [-0.4, -0.2) is 30.1 Å². The molecule has 126 valence electrons. The van der Waals surface area contributed by atoms with Crippen LogP contribution >= 0.6 is 0 Å². The van der Waals surface area contributed by atoms with Gasteiger partial charge < -0.3 is 9.64 Å². The number of hydrogen-bond donors (Lipinski definition) is 0. The van der Waals surface area contributed by atoms with Crippen LogP contribution in [0.4, 0.5) is 18.9 Å². The van der Waals surface area contributed by atoms with Crippen molar-refractivity contribution in [2.75, 3.05) is 18.2 Å². The molecule has 2 aliphatic rings. The fourth-order valence-electron chi connectivity index (χ4n) is 2.97. The Labute approximate surface area is 132 Å². The number of benzene rings is 1. The molecule has 0 aliphatic carbocycles. The quantitative estimate of drug-likeness (QED) is 0.834. The lowest BCUT2D eigenvalue weighted by Gasteiger charge is -2.34. The van der Waals surface area contributed by atoms with Gasteiger partial charge in [-0.2, -0.15) is 13.2 Å². The molecule has 0 atom stereocenters. The first-order chi connectivity index (χ1) is 10.8. The van der Waals surface area contributed by atoms with Crippen LogP contribution in [0.25, 0.3) is 0 Å². The predicted octanol–water partition coefficient (Wildman–Crippen LogP) is 3.39. The molecule has 2 aliphatic heterocycles. The Morgan fingerprint density at radius 3 is 2.57 bits per heavy atom. The van der Waals surface area contributed by atoms with Crippen LogP contribution in [0.2, 0.25) is 0 Å². The van der Waals surface area contributed by atoms with Gasteiger partial charge >= 0.3 is 6.18 Å². The highest BCUT2D eigenvalue weighted by Gasteiger charge is 2.36. The van der Waals surface area contributed by atoms with Crippen LogP contribution in [-0.2, 0) is 17.5 Å². The molecular weight excluding hydrogens is 309 g/mol. The first-order valence-electron chi connectivity index (χ1n) is 7.68. The average molecular weight is 328 g/mol. The SMILES string of the molecule is CC(C)N1COc2c(cc(C(F)(F)F)cc2N2CCCC2=O)C1. The van der Waals surface area contributed by atoms with E-state index < -0.39 is 11.7 Å². The molecule has 1 aromatic rings. The smallest absolute Gasteiger partial charge is 0.416 e. The van der Waals surface area contributed by atoms with E-state index in [9.17, 15) is 18.0 Å². The second-order valence-electron chi connectivity index (χ2n) is 6.24. The first-order valence-corrected chi connectivity index (χ1v) is 7.68. The summed E-state index contributed by atoms with van der Waals surface area (Å²) in [4.78, 5) is 15.3. The highest BCUT2D eigenvalue weighted by atomic mass is 19.4. The lowest BCUT2D eigenvalue weighted by Crippen LogP contribution is -2.38. The molecule has 4 nitrogen and oxygen atoms in total. The van der Waals surface area contributed by atoms with Crippen molar-refractivity contribution in [3.05, 3.63) is 23.3 Å². The van der Waals surface area contributed by atoms with Crippen molar-refractivity contribution in [2.45, 2.75) is 45.5 Å². The van der Waals surface area contributed by atoms with Crippen molar-refractivity contribution in [2.24, 2.45) is 0 Å². The molecule has 0 unspecified atom stereocenters. The molecule has 0 N–H and O–H groups in total. The average Bonchev–Trinajstić information content (AvgIpc) is 2.90. The number of rotatable bonds is 2. The topological polar surface area (TPSA) is 32.8 Å². The third-order valence-electron chi connectivity index (χ3n) is 4.32. The highest BCUT2D eigenvalue weighted by Crippen LogP contribution is 2.42. The zero-order chi connectivity index (χ0) is 16.8. The van der Waals surface area contributed by atoms with Gasteiger partial charge in [-0.3, -0.25) is 9.69 Å². The number of halogens is 3. The fourth-order valence-corrected chi connectivity index (χ4v) is 2.97. The summed E-state index contributed by atoms with van der Waals surface area (Å²) in [7, 11) is 0. The Bertz CT molecular complexity index is 628. The van der Waals surface area contributed by atoms with Crippen molar-refractivity contribution in [1.82, 2.24) is 4.90 Å². The number of carbonyl (C=O) groups is 1. The van der Waals surface area contributed by atoms with E-state index in [1.54, 1.807) is 0 Å². The second-order valence-corrected chi connectivity index (χ2v) is 6.24. The molecular formula is C16H19F3N2O2. The van der Waals surface area contributed by atoms with Crippen LogP contribution in [0, 0.1) is 0 Å². The molecule has 0 aromatic heterocycles. The largest absolute Gasteiger partial charge is 0.476 e. The van der Waals surface area contributed by atoms with E-state index >= 15 is 0 Å². The lowest BCUT2D eigenvalue weighted by atomic mass is 10.0. The van der Waals surface area contributed by atoms with Crippen LogP contribution in [0.15, 0.2) is 12.1 Å². The number of ether oxygens (including phenoxy) is 1. The first kappa shape index (κ1) is 16.1. The van der Waals surface area contributed by atoms with Crippen molar-refractivity contribution in [1.29, 1.82) is 0 Å². The van der Waals surface area contributed by atoms with Gasteiger partial charge in [0.25, 0.3) is 0 Å². The minimum Gasteiger partial charge on any atom is -0.476 e. The van der Waals surface area contributed by atoms with Gasteiger partial charge in [0.15, 0.2) is 0 Å². The summed E-state index contributed by atoms with van der Waals surface area (Å²) in [6.45, 7) is 5.06. The number of alkyl halides is 3. The molecule has 1 fully saturated rings. The molecule has 0 spiro atoms. The number of anilines is 1. The highest BCUT2D eigenvalue weighted by molar-refractivity contribution is 5.97. The summed E-state index contributed by atoms with van der Waals surface area (Å²) in [5.74, 6) is 0.256. The van der Waals surface area contributed by atoms with Gasteiger partial charge in [-0.25, -0.2) is 0 Å². The summed E-state index contributed by atoms with van der Waals surface area (Å²) in [6, 6.07) is 2.33. The van der Waals surface area contributed by atoms with Crippen molar-refractivity contribution < 1.29 is 22.7 Å². The Morgan fingerprint density at radius 2 is 2.00 bits per heavy atom. The van der Waals surface area contributed by atoms with E-state index in [4.69, 9.17) is 4.74 Å². The van der Waals surface area contributed by atoms with E-state index in [0.29, 0.717) is 44.0 Å². The van der Waals surface area contributed by atoms with E-state index in [-0.39, 0.29) is 17.6 Å². The molecule has 0 saturated carbocycles. The van der Waals surface area contributed by atoms with Gasteiger partial charge in [-0.05, 0) is 32.4 Å². The van der Waals surface area contributed by atoms with Crippen LogP contribution < -0.4 is 9.64 Å². The number of fused-ring (bicyclic) bond motifs is 1. The molecule has 1 saturated heterocycles. The third-order valence-corrected chi connectivity index (χ3v) is 4.32.